The van der Waals surface area contributed by atoms with E-state index in [0.29, 0.717) is 12.8 Å². The summed E-state index contributed by atoms with van der Waals surface area (Å²) in [6.07, 6.45) is -0.343. The van der Waals surface area contributed by atoms with Gasteiger partial charge in [0.2, 0.25) is 0 Å². The number of nitrogens with zero attached hydrogens (tertiary/aromatic N) is 2. The molecular formula is C23H22N2O4. The Morgan fingerprint density at radius 3 is 1.90 bits per heavy atom. The highest BCUT2D eigenvalue weighted by molar-refractivity contribution is 6.06. The number of carbonyl (C=O) groups excluding carboxylic acids is 2. The number of carbonyl (C=O) groups is 2. The van der Waals surface area contributed by atoms with E-state index in [1.807, 2.05) is 60.7 Å². The van der Waals surface area contributed by atoms with Crippen LogP contribution in [0.1, 0.15) is 37.3 Å². The van der Waals surface area contributed by atoms with Crippen LogP contribution in [0.15, 0.2) is 71.0 Å². The zero-order valence-corrected chi connectivity index (χ0v) is 16.2. The maximum absolute atomic E-state index is 12.7. The van der Waals surface area contributed by atoms with E-state index in [0.717, 1.165) is 22.6 Å². The maximum atomic E-state index is 12.7. The summed E-state index contributed by atoms with van der Waals surface area (Å²) in [7, 11) is 0. The van der Waals surface area contributed by atoms with Crippen molar-refractivity contribution < 1.29 is 19.3 Å². The molecule has 0 amide bonds. The van der Waals surface area contributed by atoms with Gasteiger partial charge in [-0.2, -0.15) is 0 Å². The second-order valence-corrected chi connectivity index (χ2v) is 7.38. The lowest BCUT2D eigenvalue weighted by molar-refractivity contribution is -0.137. The molecule has 0 saturated carbocycles. The molecule has 0 N–H and O–H groups in total. The minimum atomic E-state index is -0.645. The fraction of sp³-hybridized carbons (Fsp3) is 0.304. The molecule has 29 heavy (non-hydrogen) atoms. The van der Waals surface area contributed by atoms with Crippen LogP contribution in [0.25, 0.3) is 0 Å². The Balaban J connectivity index is 1.29. The highest BCUT2D eigenvalue weighted by Crippen LogP contribution is 2.23. The average molecular weight is 390 g/mol. The Hall–Kier alpha value is -3.28. The van der Waals surface area contributed by atoms with Crippen LogP contribution in [0, 0.1) is 5.92 Å². The Kier molecular flexibility index (Phi) is 5.51. The van der Waals surface area contributed by atoms with Crippen LogP contribution in [0.4, 0.5) is 0 Å². The van der Waals surface area contributed by atoms with Gasteiger partial charge < -0.3 is 9.68 Å². The summed E-state index contributed by atoms with van der Waals surface area (Å²) < 4.78 is 0. The van der Waals surface area contributed by atoms with Gasteiger partial charge in [0, 0.05) is 25.2 Å². The molecule has 0 radical (unpaired) electrons. The SMILES string of the molecule is C[C@H](CC(=O)[C@@H]1CC(c2ccccc2)=NO1)C(=O)[C@@H]1CC(c2ccccc2)=NO1. The van der Waals surface area contributed by atoms with Gasteiger partial charge in [-0.3, -0.25) is 9.59 Å². The first-order chi connectivity index (χ1) is 14.1. The predicted molar refractivity (Wildman–Crippen MR) is 109 cm³/mol. The molecule has 0 bridgehead atoms. The van der Waals surface area contributed by atoms with E-state index < -0.39 is 18.1 Å². The standard InChI is InChI=1S/C23H22N2O4/c1-15(23(27)22-14-19(25-29-22)17-10-6-3-7-11-17)12-20(26)21-13-18(24-28-21)16-8-4-2-5-9-16/h2-11,15,21-22H,12-14H2,1H3/t15-,21+,22+/m1/s1. The zero-order chi connectivity index (χ0) is 20.2. The van der Waals surface area contributed by atoms with Crippen molar-refractivity contribution in [1.82, 2.24) is 0 Å². The van der Waals surface area contributed by atoms with Gasteiger partial charge >= 0.3 is 0 Å². The van der Waals surface area contributed by atoms with Crippen LogP contribution in [0.2, 0.25) is 0 Å². The van der Waals surface area contributed by atoms with E-state index in [1.165, 1.54) is 0 Å². The van der Waals surface area contributed by atoms with Gasteiger partial charge in [0.25, 0.3) is 0 Å². The summed E-state index contributed by atoms with van der Waals surface area (Å²) in [5, 5.41) is 8.11. The van der Waals surface area contributed by atoms with E-state index in [2.05, 4.69) is 10.3 Å². The molecule has 3 atom stereocenters. The van der Waals surface area contributed by atoms with Gasteiger partial charge in [-0.1, -0.05) is 77.9 Å². The molecule has 4 rings (SSSR count). The summed E-state index contributed by atoms with van der Waals surface area (Å²) in [5.41, 5.74) is 3.39. The molecule has 0 unspecified atom stereocenters. The minimum absolute atomic E-state index is 0.0988. The fourth-order valence-electron chi connectivity index (χ4n) is 3.53. The summed E-state index contributed by atoms with van der Waals surface area (Å²) in [6.45, 7) is 1.75. The molecular weight excluding hydrogens is 368 g/mol. The lowest BCUT2D eigenvalue weighted by Crippen LogP contribution is -2.31. The number of hydrogen-bond acceptors (Lipinski definition) is 6. The lowest BCUT2D eigenvalue weighted by Gasteiger charge is -2.15. The van der Waals surface area contributed by atoms with Crippen molar-refractivity contribution in [2.45, 2.75) is 38.4 Å². The van der Waals surface area contributed by atoms with Crippen molar-refractivity contribution in [2.75, 3.05) is 0 Å². The van der Waals surface area contributed by atoms with Crippen LogP contribution >= 0.6 is 0 Å². The molecule has 6 nitrogen and oxygen atoms in total. The van der Waals surface area contributed by atoms with Crippen molar-refractivity contribution in [2.24, 2.45) is 16.2 Å². The third-order valence-electron chi connectivity index (χ3n) is 5.22. The van der Waals surface area contributed by atoms with Crippen molar-refractivity contribution >= 4 is 23.0 Å². The van der Waals surface area contributed by atoms with Gasteiger partial charge in [-0.15, -0.1) is 0 Å². The number of ketones is 2. The molecule has 2 aliphatic rings. The highest BCUT2D eigenvalue weighted by Gasteiger charge is 2.35. The number of rotatable bonds is 7. The molecule has 2 aliphatic heterocycles. The molecule has 0 aliphatic carbocycles. The highest BCUT2D eigenvalue weighted by atomic mass is 16.6. The van der Waals surface area contributed by atoms with Crippen molar-refractivity contribution in [1.29, 1.82) is 0 Å². The minimum Gasteiger partial charge on any atom is -0.384 e. The van der Waals surface area contributed by atoms with Crippen molar-refractivity contribution in [3.05, 3.63) is 71.8 Å². The van der Waals surface area contributed by atoms with Gasteiger partial charge in [0.15, 0.2) is 23.8 Å². The third kappa shape index (κ3) is 4.26. The topological polar surface area (TPSA) is 77.3 Å². The number of Topliss-reactive ketones (excluding diaryl/α,β-unsaturated/α-hetero) is 2. The molecule has 2 heterocycles. The van der Waals surface area contributed by atoms with Crippen LogP contribution in [0.3, 0.4) is 0 Å². The van der Waals surface area contributed by atoms with Gasteiger partial charge in [-0.25, -0.2) is 0 Å². The van der Waals surface area contributed by atoms with Crippen molar-refractivity contribution in [3.8, 4) is 0 Å². The first-order valence-electron chi connectivity index (χ1n) is 9.74. The number of hydrogen-bond donors (Lipinski definition) is 0. The summed E-state index contributed by atoms with van der Waals surface area (Å²) in [6, 6.07) is 19.3. The van der Waals surface area contributed by atoms with Gasteiger partial charge in [0.05, 0.1) is 11.4 Å². The normalized spacial score (nSPS) is 21.6. The predicted octanol–water partition coefficient (Wildman–Crippen LogP) is 3.54. The molecule has 2 aromatic carbocycles. The zero-order valence-electron chi connectivity index (χ0n) is 16.2. The summed E-state index contributed by atoms with van der Waals surface area (Å²) >= 11 is 0. The van der Waals surface area contributed by atoms with E-state index in [4.69, 9.17) is 9.68 Å². The Labute approximate surface area is 169 Å². The van der Waals surface area contributed by atoms with Crippen LogP contribution in [-0.2, 0) is 19.3 Å². The first-order valence-corrected chi connectivity index (χ1v) is 9.74. The van der Waals surface area contributed by atoms with Gasteiger partial charge in [0.1, 0.15) is 0 Å². The van der Waals surface area contributed by atoms with E-state index in [9.17, 15) is 9.59 Å². The fourth-order valence-corrected chi connectivity index (χ4v) is 3.53. The summed E-state index contributed by atoms with van der Waals surface area (Å²) in [5.74, 6) is -0.708. The molecule has 0 aromatic heterocycles. The van der Waals surface area contributed by atoms with E-state index >= 15 is 0 Å². The van der Waals surface area contributed by atoms with Crippen LogP contribution in [-0.4, -0.2) is 35.2 Å². The van der Waals surface area contributed by atoms with E-state index in [1.54, 1.807) is 6.92 Å². The molecule has 6 heteroatoms. The van der Waals surface area contributed by atoms with Gasteiger partial charge in [-0.05, 0) is 11.1 Å². The average Bonchev–Trinajstić information content (AvgIpc) is 3.45. The third-order valence-corrected chi connectivity index (χ3v) is 5.22. The Morgan fingerprint density at radius 1 is 0.862 bits per heavy atom. The smallest absolute Gasteiger partial charge is 0.191 e. The van der Waals surface area contributed by atoms with E-state index in [-0.39, 0.29) is 18.0 Å². The molecule has 0 saturated heterocycles. The lowest BCUT2D eigenvalue weighted by atomic mass is 9.90. The van der Waals surface area contributed by atoms with Crippen LogP contribution < -0.4 is 0 Å². The quantitative estimate of drug-likeness (QED) is 0.725. The largest absolute Gasteiger partial charge is 0.384 e. The molecule has 0 spiro atoms. The molecule has 148 valence electrons. The maximum Gasteiger partial charge on any atom is 0.191 e. The monoisotopic (exact) mass is 390 g/mol. The van der Waals surface area contributed by atoms with Crippen LogP contribution in [0.5, 0.6) is 0 Å². The Morgan fingerprint density at radius 2 is 1.34 bits per heavy atom. The second-order valence-electron chi connectivity index (χ2n) is 7.38. The molecule has 2 aromatic rings. The second kappa shape index (κ2) is 8.39. The molecule has 0 fully saturated rings. The summed E-state index contributed by atoms with van der Waals surface area (Å²) in [4.78, 5) is 36.1. The van der Waals surface area contributed by atoms with Crippen molar-refractivity contribution in [3.63, 3.8) is 0 Å². The first kappa shape index (κ1) is 19.1. The Bertz CT molecular complexity index is 953. The number of benzene rings is 2. The number of oxime groups is 2.